The van der Waals surface area contributed by atoms with Gasteiger partial charge in [-0.05, 0) is 64.7 Å². The molecule has 7 nitrogen and oxygen atoms in total. The molecule has 1 fully saturated rings. The SMILES string of the molecule is CNS(=O)(=O)c1ccc(-c2nnc([C@H]3CCCN(C)[C@H]3C)o2)cc1. The maximum atomic E-state index is 11.8. The Labute approximate surface area is 142 Å². The van der Waals surface area contributed by atoms with Crippen LogP contribution >= 0.6 is 0 Å². The van der Waals surface area contributed by atoms with Crippen LogP contribution in [0.1, 0.15) is 31.6 Å². The average molecular weight is 350 g/mol. The molecule has 1 N–H and O–H groups in total. The molecular weight excluding hydrogens is 328 g/mol. The molecule has 1 aromatic heterocycles. The first kappa shape index (κ1) is 17.1. The number of likely N-dealkylation sites (N-methyl/N-ethyl adjacent to an activating group) is 1. The number of hydrogen-bond acceptors (Lipinski definition) is 6. The Bertz CT molecular complexity index is 801. The van der Waals surface area contributed by atoms with Crippen LogP contribution < -0.4 is 4.72 Å². The van der Waals surface area contributed by atoms with Crippen LogP contribution in [0.4, 0.5) is 0 Å². The molecule has 2 aromatic rings. The van der Waals surface area contributed by atoms with E-state index in [0.29, 0.717) is 23.4 Å². The van der Waals surface area contributed by atoms with Gasteiger partial charge in [0.05, 0.1) is 10.8 Å². The first-order chi connectivity index (χ1) is 11.4. The van der Waals surface area contributed by atoms with Gasteiger partial charge in [0.25, 0.3) is 0 Å². The highest BCUT2D eigenvalue weighted by atomic mass is 32.2. The third kappa shape index (κ3) is 3.22. The van der Waals surface area contributed by atoms with E-state index in [0.717, 1.165) is 19.4 Å². The standard InChI is InChI=1S/C16H22N4O3S/c1-11-14(5-4-10-20(11)3)16-19-18-15(23-16)12-6-8-13(9-7-12)24(21,22)17-2/h6-9,11,14,17H,4-5,10H2,1-3H3/t11-,14-/m0/s1. The third-order valence-electron chi connectivity index (χ3n) is 4.74. The summed E-state index contributed by atoms with van der Waals surface area (Å²) in [6.07, 6.45) is 2.15. The fourth-order valence-electron chi connectivity index (χ4n) is 3.04. The van der Waals surface area contributed by atoms with E-state index >= 15 is 0 Å². The van der Waals surface area contributed by atoms with Crippen LogP contribution in [-0.2, 0) is 10.0 Å². The zero-order valence-electron chi connectivity index (χ0n) is 14.1. The second kappa shape index (κ2) is 6.62. The number of hydrogen-bond donors (Lipinski definition) is 1. The molecule has 0 bridgehead atoms. The monoisotopic (exact) mass is 350 g/mol. The van der Waals surface area contributed by atoms with E-state index in [1.807, 2.05) is 0 Å². The third-order valence-corrected chi connectivity index (χ3v) is 6.17. The summed E-state index contributed by atoms with van der Waals surface area (Å²) in [5.41, 5.74) is 0.709. The Hall–Kier alpha value is -1.77. The Balaban J connectivity index is 1.83. The van der Waals surface area contributed by atoms with Gasteiger partial charge in [0, 0.05) is 11.6 Å². The van der Waals surface area contributed by atoms with E-state index in [-0.39, 0.29) is 10.8 Å². The van der Waals surface area contributed by atoms with Crippen LogP contribution in [0.15, 0.2) is 33.6 Å². The van der Waals surface area contributed by atoms with Gasteiger partial charge in [-0.1, -0.05) is 0 Å². The number of aromatic nitrogens is 2. The lowest BCUT2D eigenvalue weighted by atomic mass is 9.90. The predicted molar refractivity (Wildman–Crippen MR) is 90.0 cm³/mol. The molecule has 3 rings (SSSR count). The molecule has 8 heteroatoms. The predicted octanol–water partition coefficient (Wildman–Crippen LogP) is 1.84. The summed E-state index contributed by atoms with van der Waals surface area (Å²) >= 11 is 0. The largest absolute Gasteiger partial charge is 0.420 e. The average Bonchev–Trinajstić information content (AvgIpc) is 3.07. The Morgan fingerprint density at radius 1 is 1.25 bits per heavy atom. The van der Waals surface area contributed by atoms with Gasteiger partial charge in [0.2, 0.25) is 21.8 Å². The first-order valence-electron chi connectivity index (χ1n) is 8.00. The molecule has 0 saturated carbocycles. The van der Waals surface area contributed by atoms with Crippen molar-refractivity contribution in [1.82, 2.24) is 19.8 Å². The molecule has 0 unspecified atom stereocenters. The van der Waals surface area contributed by atoms with Crippen LogP contribution in [0.3, 0.4) is 0 Å². The summed E-state index contributed by atoms with van der Waals surface area (Å²) in [5, 5.41) is 8.35. The number of rotatable bonds is 4. The molecular formula is C16H22N4O3S. The van der Waals surface area contributed by atoms with Crippen LogP contribution in [0.2, 0.25) is 0 Å². The maximum Gasteiger partial charge on any atom is 0.247 e. The van der Waals surface area contributed by atoms with Gasteiger partial charge in [0.1, 0.15) is 0 Å². The summed E-state index contributed by atoms with van der Waals surface area (Å²) in [6.45, 7) is 3.26. The second-order valence-corrected chi connectivity index (χ2v) is 8.03. The van der Waals surface area contributed by atoms with Crippen molar-refractivity contribution < 1.29 is 12.8 Å². The van der Waals surface area contributed by atoms with Gasteiger partial charge in [-0.3, -0.25) is 0 Å². The highest BCUT2D eigenvalue weighted by molar-refractivity contribution is 7.89. The summed E-state index contributed by atoms with van der Waals surface area (Å²) < 4.78 is 31.7. The van der Waals surface area contributed by atoms with Crippen molar-refractivity contribution in [3.8, 4) is 11.5 Å². The molecule has 0 radical (unpaired) electrons. The molecule has 24 heavy (non-hydrogen) atoms. The molecule has 2 heterocycles. The zero-order chi connectivity index (χ0) is 17.3. The summed E-state index contributed by atoms with van der Waals surface area (Å²) in [6, 6.07) is 6.77. The van der Waals surface area contributed by atoms with Crippen molar-refractivity contribution in [3.05, 3.63) is 30.2 Å². The Morgan fingerprint density at radius 2 is 1.96 bits per heavy atom. The maximum absolute atomic E-state index is 11.8. The number of nitrogens with zero attached hydrogens (tertiary/aromatic N) is 3. The van der Waals surface area contributed by atoms with Crippen molar-refractivity contribution in [2.24, 2.45) is 0 Å². The molecule has 1 saturated heterocycles. The van der Waals surface area contributed by atoms with Gasteiger partial charge in [0.15, 0.2) is 0 Å². The van der Waals surface area contributed by atoms with E-state index in [9.17, 15) is 8.42 Å². The van der Waals surface area contributed by atoms with Crippen LogP contribution in [0.5, 0.6) is 0 Å². The van der Waals surface area contributed by atoms with E-state index < -0.39 is 10.0 Å². The lowest BCUT2D eigenvalue weighted by Gasteiger charge is -2.34. The van der Waals surface area contributed by atoms with Crippen molar-refractivity contribution in [2.45, 2.75) is 36.6 Å². The molecule has 0 amide bonds. The Kier molecular flexibility index (Phi) is 4.71. The number of nitrogens with one attached hydrogen (secondary N) is 1. The molecule has 1 aliphatic rings. The van der Waals surface area contributed by atoms with Gasteiger partial charge in [-0.2, -0.15) is 0 Å². The minimum absolute atomic E-state index is 0.205. The lowest BCUT2D eigenvalue weighted by molar-refractivity contribution is 0.158. The van der Waals surface area contributed by atoms with E-state index in [1.54, 1.807) is 12.1 Å². The smallest absolute Gasteiger partial charge is 0.247 e. The fourth-order valence-corrected chi connectivity index (χ4v) is 3.77. The van der Waals surface area contributed by atoms with Crippen LogP contribution in [-0.4, -0.2) is 50.2 Å². The minimum atomic E-state index is -3.44. The van der Waals surface area contributed by atoms with Crippen molar-refractivity contribution in [2.75, 3.05) is 20.6 Å². The number of benzene rings is 1. The molecule has 1 aliphatic heterocycles. The molecule has 0 spiro atoms. The highest BCUT2D eigenvalue weighted by Gasteiger charge is 2.31. The topological polar surface area (TPSA) is 88.3 Å². The quantitative estimate of drug-likeness (QED) is 0.905. The molecule has 0 aliphatic carbocycles. The number of piperidine rings is 1. The Morgan fingerprint density at radius 3 is 2.62 bits per heavy atom. The molecule has 130 valence electrons. The van der Waals surface area contributed by atoms with Crippen molar-refractivity contribution >= 4 is 10.0 Å². The second-order valence-electron chi connectivity index (χ2n) is 6.15. The van der Waals surface area contributed by atoms with Crippen LogP contribution in [0.25, 0.3) is 11.5 Å². The van der Waals surface area contributed by atoms with Gasteiger partial charge >= 0.3 is 0 Å². The fraction of sp³-hybridized carbons (Fsp3) is 0.500. The van der Waals surface area contributed by atoms with E-state index in [1.165, 1.54) is 19.2 Å². The van der Waals surface area contributed by atoms with Gasteiger partial charge < -0.3 is 9.32 Å². The summed E-state index contributed by atoms with van der Waals surface area (Å²) in [7, 11) is 0.0463. The number of likely N-dealkylation sites (tertiary alicyclic amines) is 1. The normalized spacial score (nSPS) is 22.6. The van der Waals surface area contributed by atoms with E-state index in [2.05, 4.69) is 33.8 Å². The van der Waals surface area contributed by atoms with Crippen LogP contribution in [0, 0.1) is 0 Å². The molecule has 1 aromatic carbocycles. The van der Waals surface area contributed by atoms with Crippen molar-refractivity contribution in [1.29, 1.82) is 0 Å². The van der Waals surface area contributed by atoms with Gasteiger partial charge in [-0.15, -0.1) is 10.2 Å². The number of sulfonamides is 1. The van der Waals surface area contributed by atoms with Crippen molar-refractivity contribution in [3.63, 3.8) is 0 Å². The molecule has 2 atom stereocenters. The van der Waals surface area contributed by atoms with Gasteiger partial charge in [-0.25, -0.2) is 13.1 Å². The van der Waals surface area contributed by atoms with E-state index in [4.69, 9.17) is 4.42 Å². The first-order valence-corrected chi connectivity index (χ1v) is 9.48. The summed E-state index contributed by atoms with van der Waals surface area (Å²) in [5.74, 6) is 1.30. The zero-order valence-corrected chi connectivity index (χ0v) is 14.9. The lowest BCUT2D eigenvalue weighted by Crippen LogP contribution is -2.39. The highest BCUT2D eigenvalue weighted by Crippen LogP contribution is 2.32. The summed E-state index contributed by atoms with van der Waals surface area (Å²) in [4.78, 5) is 2.51. The minimum Gasteiger partial charge on any atom is -0.420 e.